The van der Waals surface area contributed by atoms with Gasteiger partial charge in [-0.25, -0.2) is 0 Å². The van der Waals surface area contributed by atoms with Gasteiger partial charge in [-0.3, -0.25) is 0 Å². The van der Waals surface area contributed by atoms with E-state index in [1.165, 1.54) is 22.3 Å². The van der Waals surface area contributed by atoms with Gasteiger partial charge in [0.2, 0.25) is 0 Å². The molecule has 0 heteroatoms. The van der Waals surface area contributed by atoms with Crippen molar-refractivity contribution >= 4 is 12.2 Å². The second-order valence-electron chi connectivity index (χ2n) is 6.28. The smallest absolute Gasteiger partial charge is 0.00559 e. The first-order chi connectivity index (χ1) is 12.3. The predicted octanol–water partition coefficient (Wildman–Crippen LogP) is 6.90. The molecular formula is C25H24. The van der Waals surface area contributed by atoms with Crippen LogP contribution in [0.2, 0.25) is 0 Å². The normalized spacial score (nSPS) is 12.7. The van der Waals surface area contributed by atoms with Gasteiger partial charge in [-0.2, -0.15) is 0 Å². The molecule has 1 atom stereocenters. The molecule has 0 aliphatic carbocycles. The van der Waals surface area contributed by atoms with Crippen LogP contribution in [0.4, 0.5) is 0 Å². The van der Waals surface area contributed by atoms with Crippen LogP contribution >= 0.6 is 0 Å². The third-order valence-corrected chi connectivity index (χ3v) is 4.42. The Balaban J connectivity index is 1.77. The van der Waals surface area contributed by atoms with E-state index >= 15 is 0 Å². The standard InChI is InChI=1S/C25H24/c1-21-11-8-9-14-23(21)17-10-18-25(24-15-6-3-7-16-24)20-19-22-12-4-2-5-13-22/h2-17,19-20,25H,18H2,1H3/b17-10+,20-19+. The maximum atomic E-state index is 2.31. The van der Waals surface area contributed by atoms with Gasteiger partial charge in [-0.05, 0) is 35.6 Å². The summed E-state index contributed by atoms with van der Waals surface area (Å²) >= 11 is 0. The molecule has 0 aliphatic heterocycles. The van der Waals surface area contributed by atoms with E-state index in [2.05, 4.69) is 116 Å². The lowest BCUT2D eigenvalue weighted by Gasteiger charge is -2.11. The Labute approximate surface area is 151 Å². The fourth-order valence-electron chi connectivity index (χ4n) is 2.93. The van der Waals surface area contributed by atoms with Gasteiger partial charge >= 0.3 is 0 Å². The van der Waals surface area contributed by atoms with E-state index in [4.69, 9.17) is 0 Å². The molecule has 124 valence electrons. The third kappa shape index (κ3) is 5.06. The van der Waals surface area contributed by atoms with Crippen LogP contribution in [0.1, 0.15) is 34.6 Å². The van der Waals surface area contributed by atoms with Crippen molar-refractivity contribution in [2.45, 2.75) is 19.3 Å². The topological polar surface area (TPSA) is 0 Å². The molecule has 0 aromatic heterocycles. The lowest BCUT2D eigenvalue weighted by molar-refractivity contribution is 0.870. The van der Waals surface area contributed by atoms with Crippen LogP contribution in [0.3, 0.4) is 0 Å². The minimum atomic E-state index is 0.377. The summed E-state index contributed by atoms with van der Waals surface area (Å²) in [6.45, 7) is 2.16. The highest BCUT2D eigenvalue weighted by Crippen LogP contribution is 2.23. The average molecular weight is 324 g/mol. The fraction of sp³-hybridized carbons (Fsp3) is 0.120. The van der Waals surface area contributed by atoms with Gasteiger partial charge in [0.1, 0.15) is 0 Å². The number of allylic oxidation sites excluding steroid dienone is 2. The van der Waals surface area contributed by atoms with E-state index in [0.29, 0.717) is 5.92 Å². The molecule has 25 heavy (non-hydrogen) atoms. The van der Waals surface area contributed by atoms with Crippen LogP contribution in [0.25, 0.3) is 12.2 Å². The summed E-state index contributed by atoms with van der Waals surface area (Å²) < 4.78 is 0. The number of hydrogen-bond acceptors (Lipinski definition) is 0. The van der Waals surface area contributed by atoms with Gasteiger partial charge in [0.15, 0.2) is 0 Å². The molecule has 3 aromatic rings. The first-order valence-corrected chi connectivity index (χ1v) is 8.83. The van der Waals surface area contributed by atoms with E-state index in [1.807, 2.05) is 0 Å². The summed E-state index contributed by atoms with van der Waals surface area (Å²) in [6, 6.07) is 29.7. The number of rotatable bonds is 6. The van der Waals surface area contributed by atoms with Crippen molar-refractivity contribution in [2.24, 2.45) is 0 Å². The van der Waals surface area contributed by atoms with E-state index in [1.54, 1.807) is 0 Å². The molecule has 1 unspecified atom stereocenters. The molecular weight excluding hydrogens is 300 g/mol. The van der Waals surface area contributed by atoms with Gasteiger partial charge in [-0.15, -0.1) is 0 Å². The summed E-state index contributed by atoms with van der Waals surface area (Å²) in [7, 11) is 0. The SMILES string of the molecule is Cc1ccccc1/C=C/CC(/C=C/c1ccccc1)c1ccccc1. The van der Waals surface area contributed by atoms with Crippen LogP contribution in [0.5, 0.6) is 0 Å². The molecule has 0 bridgehead atoms. The van der Waals surface area contributed by atoms with Crippen molar-refractivity contribution in [1.29, 1.82) is 0 Å². The summed E-state index contributed by atoms with van der Waals surface area (Å²) in [5.74, 6) is 0.377. The summed E-state index contributed by atoms with van der Waals surface area (Å²) in [5, 5.41) is 0. The van der Waals surface area contributed by atoms with Crippen molar-refractivity contribution in [2.75, 3.05) is 0 Å². The molecule has 0 spiro atoms. The summed E-state index contributed by atoms with van der Waals surface area (Å²) in [5.41, 5.74) is 5.20. The quantitative estimate of drug-likeness (QED) is 0.463. The summed E-state index contributed by atoms with van der Waals surface area (Å²) in [6.07, 6.45) is 10.0. The Morgan fingerprint density at radius 2 is 1.36 bits per heavy atom. The maximum absolute atomic E-state index is 2.31. The van der Waals surface area contributed by atoms with Gasteiger partial charge in [0, 0.05) is 5.92 Å². The van der Waals surface area contributed by atoms with Crippen molar-refractivity contribution in [3.8, 4) is 0 Å². The molecule has 0 heterocycles. The van der Waals surface area contributed by atoms with Gasteiger partial charge in [-0.1, -0.05) is 109 Å². The maximum Gasteiger partial charge on any atom is 0.00559 e. The fourth-order valence-corrected chi connectivity index (χ4v) is 2.93. The largest absolute Gasteiger partial charge is 0.0830 e. The van der Waals surface area contributed by atoms with Crippen LogP contribution < -0.4 is 0 Å². The molecule has 0 fully saturated rings. The number of benzene rings is 3. The number of hydrogen-bond donors (Lipinski definition) is 0. The van der Waals surface area contributed by atoms with Crippen molar-refractivity contribution in [1.82, 2.24) is 0 Å². The highest BCUT2D eigenvalue weighted by molar-refractivity contribution is 5.54. The first-order valence-electron chi connectivity index (χ1n) is 8.83. The van der Waals surface area contributed by atoms with Crippen LogP contribution in [-0.4, -0.2) is 0 Å². The van der Waals surface area contributed by atoms with Gasteiger partial charge in [0.05, 0.1) is 0 Å². The zero-order valence-corrected chi connectivity index (χ0v) is 14.7. The Morgan fingerprint density at radius 1 is 0.720 bits per heavy atom. The number of aryl methyl sites for hydroxylation is 1. The molecule has 0 saturated carbocycles. The molecule has 0 amide bonds. The minimum Gasteiger partial charge on any atom is -0.0830 e. The lowest BCUT2D eigenvalue weighted by Crippen LogP contribution is -1.93. The highest BCUT2D eigenvalue weighted by atomic mass is 14.1. The molecule has 0 saturated heterocycles. The van der Waals surface area contributed by atoms with E-state index in [9.17, 15) is 0 Å². The molecule has 0 nitrogen and oxygen atoms in total. The lowest BCUT2D eigenvalue weighted by atomic mass is 9.94. The van der Waals surface area contributed by atoms with E-state index < -0.39 is 0 Å². The zero-order valence-electron chi connectivity index (χ0n) is 14.7. The van der Waals surface area contributed by atoms with E-state index in [0.717, 1.165) is 6.42 Å². The third-order valence-electron chi connectivity index (χ3n) is 4.42. The molecule has 0 aliphatic rings. The van der Waals surface area contributed by atoms with Crippen molar-refractivity contribution in [3.63, 3.8) is 0 Å². The highest BCUT2D eigenvalue weighted by Gasteiger charge is 2.05. The molecule has 0 radical (unpaired) electrons. The van der Waals surface area contributed by atoms with Gasteiger partial charge < -0.3 is 0 Å². The molecule has 0 N–H and O–H groups in total. The predicted molar refractivity (Wildman–Crippen MR) is 109 cm³/mol. The average Bonchev–Trinajstić information content (AvgIpc) is 2.67. The Hall–Kier alpha value is -2.86. The Morgan fingerprint density at radius 3 is 2.08 bits per heavy atom. The second kappa shape index (κ2) is 8.84. The zero-order chi connectivity index (χ0) is 17.3. The molecule has 3 aromatic carbocycles. The monoisotopic (exact) mass is 324 g/mol. The van der Waals surface area contributed by atoms with Crippen LogP contribution in [0, 0.1) is 6.92 Å². The first kappa shape index (κ1) is 17.0. The second-order valence-corrected chi connectivity index (χ2v) is 6.28. The van der Waals surface area contributed by atoms with Crippen LogP contribution in [-0.2, 0) is 0 Å². The Kier molecular flexibility index (Phi) is 6.01. The van der Waals surface area contributed by atoms with E-state index in [-0.39, 0.29) is 0 Å². The molecule has 3 rings (SSSR count). The van der Waals surface area contributed by atoms with Crippen molar-refractivity contribution in [3.05, 3.63) is 119 Å². The van der Waals surface area contributed by atoms with Gasteiger partial charge in [0.25, 0.3) is 0 Å². The minimum absolute atomic E-state index is 0.377. The Bertz CT molecular complexity index is 826. The van der Waals surface area contributed by atoms with Crippen LogP contribution in [0.15, 0.2) is 97.1 Å². The van der Waals surface area contributed by atoms with Crippen molar-refractivity contribution < 1.29 is 0 Å². The summed E-state index contributed by atoms with van der Waals surface area (Å²) in [4.78, 5) is 0.